The van der Waals surface area contributed by atoms with Crippen molar-refractivity contribution in [2.24, 2.45) is 5.10 Å². The molecular formula is C26H28FN3O3. The van der Waals surface area contributed by atoms with E-state index in [1.165, 1.54) is 37.0 Å². The number of urea groups is 1. The first kappa shape index (κ1) is 21.5. The Morgan fingerprint density at radius 1 is 1.09 bits per heavy atom. The lowest BCUT2D eigenvalue weighted by Gasteiger charge is -2.41. The summed E-state index contributed by atoms with van der Waals surface area (Å²) < 4.78 is 25.5. The number of carbonyl (C=O) groups is 1. The second kappa shape index (κ2) is 8.89. The molecule has 1 fully saturated rings. The third-order valence-corrected chi connectivity index (χ3v) is 6.72. The predicted molar refractivity (Wildman–Crippen MR) is 123 cm³/mol. The van der Waals surface area contributed by atoms with Crippen LogP contribution in [0.4, 0.5) is 9.18 Å². The molecule has 3 aromatic rings. The summed E-state index contributed by atoms with van der Waals surface area (Å²) in [7, 11) is 0. The van der Waals surface area contributed by atoms with E-state index >= 15 is 0 Å². The van der Waals surface area contributed by atoms with Crippen LogP contribution in [-0.2, 0) is 13.0 Å². The van der Waals surface area contributed by atoms with E-state index in [0.29, 0.717) is 11.1 Å². The summed E-state index contributed by atoms with van der Waals surface area (Å²) >= 11 is 0. The molecule has 0 saturated heterocycles. The molecule has 0 bridgehead atoms. The van der Waals surface area contributed by atoms with Gasteiger partial charge in [-0.25, -0.2) is 14.6 Å². The number of benzene rings is 2. The maximum atomic E-state index is 13.0. The summed E-state index contributed by atoms with van der Waals surface area (Å²) in [6.07, 6.45) is 8.08. The van der Waals surface area contributed by atoms with E-state index < -0.39 is 6.03 Å². The van der Waals surface area contributed by atoms with Gasteiger partial charge >= 0.3 is 6.03 Å². The second-order valence-electron chi connectivity index (χ2n) is 9.10. The van der Waals surface area contributed by atoms with Crippen LogP contribution in [0.2, 0.25) is 0 Å². The van der Waals surface area contributed by atoms with Crippen molar-refractivity contribution < 1.29 is 18.3 Å². The second-order valence-corrected chi connectivity index (χ2v) is 9.10. The molecule has 0 radical (unpaired) electrons. The van der Waals surface area contributed by atoms with Gasteiger partial charge in [-0.3, -0.25) is 0 Å². The number of fused-ring (bicyclic) bond motifs is 2. The smallest absolute Gasteiger partial charge is 0.335 e. The molecule has 1 saturated carbocycles. The molecule has 33 heavy (non-hydrogen) atoms. The summed E-state index contributed by atoms with van der Waals surface area (Å²) in [6.45, 7) is 2.27. The van der Waals surface area contributed by atoms with Crippen LogP contribution >= 0.6 is 0 Å². The third kappa shape index (κ3) is 4.72. The fraction of sp³-hybridized carbons (Fsp3) is 0.385. The zero-order valence-corrected chi connectivity index (χ0v) is 18.7. The number of nitrogens with zero attached hydrogens (tertiary/aromatic N) is 1. The fourth-order valence-corrected chi connectivity index (χ4v) is 4.87. The Labute approximate surface area is 191 Å². The zero-order chi connectivity index (χ0) is 22.8. The highest BCUT2D eigenvalue weighted by Crippen LogP contribution is 2.43. The minimum Gasteiger partial charge on any atom is -0.487 e. The molecule has 2 N–H and O–H groups in total. The van der Waals surface area contributed by atoms with Gasteiger partial charge in [-0.15, -0.1) is 5.10 Å². The lowest BCUT2D eigenvalue weighted by Crippen LogP contribution is -2.41. The van der Waals surface area contributed by atoms with Crippen LogP contribution in [0.1, 0.15) is 55.2 Å². The van der Waals surface area contributed by atoms with Crippen LogP contribution in [-0.4, -0.2) is 11.6 Å². The molecule has 172 valence electrons. The van der Waals surface area contributed by atoms with Gasteiger partial charge in [0, 0.05) is 24.1 Å². The summed E-state index contributed by atoms with van der Waals surface area (Å²) in [6, 6.07) is 11.4. The van der Waals surface area contributed by atoms with Crippen molar-refractivity contribution in [3.8, 4) is 5.75 Å². The molecule has 2 aromatic carbocycles. The Morgan fingerprint density at radius 3 is 2.67 bits per heavy atom. The number of carbonyl (C=O) groups excluding carboxylic acids is 1. The SMILES string of the molecule is Cc1c/c(=N\NC(=O)NCc2ccc(F)cc2)oc2cc3c(cc12)CCC1(CCCCC1)O3. The molecule has 6 nitrogen and oxygen atoms in total. The molecule has 2 aliphatic rings. The Balaban J connectivity index is 1.33. The van der Waals surface area contributed by atoms with Crippen molar-refractivity contribution in [3.63, 3.8) is 0 Å². The predicted octanol–water partition coefficient (Wildman–Crippen LogP) is 5.22. The average molecular weight is 450 g/mol. The van der Waals surface area contributed by atoms with Gasteiger partial charge in [0.15, 0.2) is 0 Å². The maximum Gasteiger partial charge on any atom is 0.335 e. The quantitative estimate of drug-likeness (QED) is 0.538. The summed E-state index contributed by atoms with van der Waals surface area (Å²) in [4.78, 5) is 12.1. The van der Waals surface area contributed by atoms with Crippen LogP contribution in [0.25, 0.3) is 11.0 Å². The Hall–Kier alpha value is -3.35. The van der Waals surface area contributed by atoms with Gasteiger partial charge in [0.25, 0.3) is 0 Å². The largest absolute Gasteiger partial charge is 0.487 e. The van der Waals surface area contributed by atoms with Crippen LogP contribution in [0, 0.1) is 12.7 Å². The number of hydrogen-bond acceptors (Lipinski definition) is 4. The monoisotopic (exact) mass is 449 g/mol. The van der Waals surface area contributed by atoms with Crippen LogP contribution < -0.4 is 21.0 Å². The fourth-order valence-electron chi connectivity index (χ4n) is 4.87. The van der Waals surface area contributed by atoms with Crippen molar-refractivity contribution >= 4 is 17.0 Å². The van der Waals surface area contributed by atoms with Gasteiger partial charge in [0.05, 0.1) is 0 Å². The van der Waals surface area contributed by atoms with E-state index in [9.17, 15) is 9.18 Å². The van der Waals surface area contributed by atoms with E-state index in [-0.39, 0.29) is 18.0 Å². The molecule has 0 atom stereocenters. The summed E-state index contributed by atoms with van der Waals surface area (Å²) in [5.74, 6) is 0.591. The van der Waals surface area contributed by atoms with E-state index in [1.807, 2.05) is 13.0 Å². The lowest BCUT2D eigenvalue weighted by molar-refractivity contribution is 0.0109. The van der Waals surface area contributed by atoms with E-state index in [4.69, 9.17) is 9.15 Å². The topological polar surface area (TPSA) is 75.9 Å². The van der Waals surface area contributed by atoms with Crippen molar-refractivity contribution in [3.05, 3.63) is 70.5 Å². The van der Waals surface area contributed by atoms with Gasteiger partial charge in [0.1, 0.15) is 22.8 Å². The minimum atomic E-state index is -0.472. The molecule has 7 heteroatoms. The highest BCUT2D eigenvalue weighted by Gasteiger charge is 2.37. The first-order valence-electron chi connectivity index (χ1n) is 11.6. The summed E-state index contributed by atoms with van der Waals surface area (Å²) in [5.41, 5.74) is 6.45. The molecule has 1 aromatic heterocycles. The van der Waals surface area contributed by atoms with Gasteiger partial charge < -0.3 is 14.5 Å². The first-order chi connectivity index (χ1) is 16.0. The maximum absolute atomic E-state index is 13.0. The highest BCUT2D eigenvalue weighted by molar-refractivity contribution is 5.82. The molecule has 1 aliphatic carbocycles. The number of nitrogens with one attached hydrogen (secondary N) is 2. The number of rotatable bonds is 3. The number of hydrogen-bond donors (Lipinski definition) is 2. The molecule has 5 rings (SSSR count). The highest BCUT2D eigenvalue weighted by atomic mass is 19.1. The Bertz CT molecular complexity index is 1240. The molecule has 2 heterocycles. The van der Waals surface area contributed by atoms with Crippen LogP contribution in [0.3, 0.4) is 0 Å². The van der Waals surface area contributed by atoms with Gasteiger partial charge in [-0.1, -0.05) is 18.6 Å². The lowest BCUT2D eigenvalue weighted by atomic mass is 9.79. The molecule has 1 spiro atoms. The van der Waals surface area contributed by atoms with Gasteiger partial charge in [0.2, 0.25) is 5.55 Å². The number of amides is 2. The molecular weight excluding hydrogens is 421 g/mol. The number of aryl methyl sites for hydroxylation is 2. The van der Waals surface area contributed by atoms with Crippen LogP contribution in [0.15, 0.2) is 52.0 Å². The Morgan fingerprint density at radius 2 is 1.88 bits per heavy atom. The number of halogens is 1. The molecule has 1 aliphatic heterocycles. The number of ether oxygens (including phenoxy) is 1. The zero-order valence-electron chi connectivity index (χ0n) is 18.7. The summed E-state index contributed by atoms with van der Waals surface area (Å²) in [5, 5.41) is 7.82. The van der Waals surface area contributed by atoms with Crippen LogP contribution in [0.5, 0.6) is 5.75 Å². The van der Waals surface area contributed by atoms with E-state index in [2.05, 4.69) is 21.9 Å². The Kier molecular flexibility index (Phi) is 5.79. The van der Waals surface area contributed by atoms with Gasteiger partial charge in [-0.05, 0) is 80.3 Å². The van der Waals surface area contributed by atoms with Crippen molar-refractivity contribution in [2.75, 3.05) is 0 Å². The van der Waals surface area contributed by atoms with Crippen molar-refractivity contribution in [1.82, 2.24) is 10.7 Å². The van der Waals surface area contributed by atoms with Crippen molar-refractivity contribution in [2.45, 2.75) is 64.0 Å². The van der Waals surface area contributed by atoms with E-state index in [1.54, 1.807) is 18.2 Å². The first-order valence-corrected chi connectivity index (χ1v) is 11.6. The molecule has 2 amide bonds. The standard InChI is InChI=1S/C26H28FN3O3/c1-17-13-24(29-30-25(31)28-16-18-5-7-20(27)8-6-18)32-23-15-22-19(14-21(17)23)9-12-26(33-22)10-3-2-4-11-26/h5-8,13-15H,2-4,9-12,16H2,1H3,(H2,28,30,31)/b29-24+. The van der Waals surface area contributed by atoms with Crippen molar-refractivity contribution in [1.29, 1.82) is 0 Å². The van der Waals surface area contributed by atoms with E-state index in [0.717, 1.165) is 47.9 Å². The molecule has 0 unspecified atom stereocenters. The van der Waals surface area contributed by atoms with Gasteiger partial charge in [-0.2, -0.15) is 0 Å². The minimum absolute atomic E-state index is 0.0277. The third-order valence-electron chi connectivity index (χ3n) is 6.72. The average Bonchev–Trinajstić information content (AvgIpc) is 2.82. The normalized spacial score (nSPS) is 17.5.